The maximum Gasteiger partial charge on any atom is 0.308 e. The van der Waals surface area contributed by atoms with Crippen LogP contribution >= 0.6 is 0 Å². The van der Waals surface area contributed by atoms with Gasteiger partial charge in [-0.15, -0.1) is 0 Å². The van der Waals surface area contributed by atoms with Gasteiger partial charge in [-0.25, -0.2) is 4.90 Å². The monoisotopic (exact) mass is 530 g/mol. The van der Waals surface area contributed by atoms with Gasteiger partial charge in [0.15, 0.2) is 6.73 Å². The predicted molar refractivity (Wildman–Crippen MR) is 139 cm³/mol. The number of carboxylic acids is 1. The van der Waals surface area contributed by atoms with Crippen molar-refractivity contribution in [1.82, 2.24) is 14.0 Å². The highest BCUT2D eigenvalue weighted by Gasteiger charge is 2.42. The first-order valence-electron chi connectivity index (χ1n) is 11.8. The molecule has 1 aliphatic rings. The minimum Gasteiger partial charge on any atom is -0.481 e. The number of amides is 2. The second-order valence-electron chi connectivity index (χ2n) is 9.11. The molecular weight excluding hydrogens is 508 g/mol. The Labute approximate surface area is 220 Å². The fraction of sp³-hybridized carbons (Fsp3) is 0.185. The lowest BCUT2D eigenvalue weighted by Crippen LogP contribution is -2.34. The number of carbonyl (C=O) groups excluding carboxylic acids is 3. The number of non-ortho nitro benzene ring substituents is 1. The van der Waals surface area contributed by atoms with Crippen molar-refractivity contribution in [3.05, 3.63) is 76.1 Å². The summed E-state index contributed by atoms with van der Waals surface area (Å²) in [5.41, 5.74) is 2.25. The van der Waals surface area contributed by atoms with Gasteiger partial charge in [-0.2, -0.15) is 0 Å². The molecule has 0 unspecified atom stereocenters. The number of benzene rings is 2. The molecule has 39 heavy (non-hydrogen) atoms. The summed E-state index contributed by atoms with van der Waals surface area (Å²) in [5, 5.41) is 21.4. The van der Waals surface area contributed by atoms with E-state index in [2.05, 4.69) is 0 Å². The Bertz CT molecular complexity index is 1760. The molecule has 3 heterocycles. The van der Waals surface area contributed by atoms with Gasteiger partial charge in [-0.05, 0) is 12.1 Å². The minimum absolute atomic E-state index is 0.0670. The Morgan fingerprint density at radius 3 is 2.10 bits per heavy atom. The fourth-order valence-corrected chi connectivity index (χ4v) is 4.84. The highest BCUT2D eigenvalue weighted by atomic mass is 16.6. The second-order valence-corrected chi connectivity index (χ2v) is 9.11. The van der Waals surface area contributed by atoms with Crippen molar-refractivity contribution in [2.24, 2.45) is 14.1 Å². The van der Waals surface area contributed by atoms with Crippen molar-refractivity contribution in [1.29, 1.82) is 0 Å². The van der Waals surface area contributed by atoms with Crippen LogP contribution in [0.15, 0.2) is 54.9 Å². The molecule has 0 bridgehead atoms. The van der Waals surface area contributed by atoms with Crippen molar-refractivity contribution in [3.8, 4) is 0 Å². The van der Waals surface area contributed by atoms with E-state index >= 15 is 0 Å². The number of carbonyl (C=O) groups is 4. The van der Waals surface area contributed by atoms with Crippen LogP contribution in [0.25, 0.3) is 33.0 Å². The molecule has 2 aromatic carbocycles. The topological polar surface area (TPSA) is 154 Å². The first-order chi connectivity index (χ1) is 18.6. The average Bonchev–Trinajstić information content (AvgIpc) is 3.49. The van der Waals surface area contributed by atoms with Crippen molar-refractivity contribution in [2.75, 3.05) is 6.73 Å². The van der Waals surface area contributed by atoms with E-state index in [4.69, 9.17) is 9.84 Å². The lowest BCUT2D eigenvalue weighted by molar-refractivity contribution is -0.384. The van der Waals surface area contributed by atoms with Crippen LogP contribution in [0.1, 0.15) is 24.0 Å². The predicted octanol–water partition coefficient (Wildman–Crippen LogP) is 3.22. The maximum absolute atomic E-state index is 13.8. The summed E-state index contributed by atoms with van der Waals surface area (Å²) in [6, 6.07) is 11.6. The molecule has 12 nitrogen and oxygen atoms in total. The Kier molecular flexibility index (Phi) is 6.22. The lowest BCUT2D eigenvalue weighted by Gasteiger charge is -2.15. The molecule has 0 fully saturated rings. The molecule has 0 spiro atoms. The van der Waals surface area contributed by atoms with Crippen LogP contribution in [0.4, 0.5) is 5.69 Å². The summed E-state index contributed by atoms with van der Waals surface area (Å²) < 4.78 is 8.55. The number of nitrogens with zero attached hydrogens (tertiary/aromatic N) is 4. The summed E-state index contributed by atoms with van der Waals surface area (Å²) >= 11 is 0. The Balaban J connectivity index is 1.66. The summed E-state index contributed by atoms with van der Waals surface area (Å²) in [5.74, 6) is -3.44. The van der Waals surface area contributed by atoms with Gasteiger partial charge in [0.1, 0.15) is 0 Å². The van der Waals surface area contributed by atoms with Gasteiger partial charge in [-0.3, -0.25) is 29.3 Å². The number of aromatic nitrogens is 2. The molecule has 0 saturated carbocycles. The standard InChI is InChI=1S/C27H22N4O8/c1-28-12-18(16-5-3-4-6-20(16)28)24-25(19-13-29(2)21-11-15(31(37)38)7-8-17(19)21)27(36)30(26(24)35)14-39-23(34)10-9-22(32)33/h3-8,11-13H,9-10,14H2,1-2H3,(H,32,33). The average molecular weight is 530 g/mol. The summed E-state index contributed by atoms with van der Waals surface area (Å²) in [6.45, 7) is -0.690. The highest BCUT2D eigenvalue weighted by molar-refractivity contribution is 6.50. The van der Waals surface area contributed by atoms with E-state index < -0.39 is 48.2 Å². The molecule has 0 radical (unpaired) electrons. The minimum atomic E-state index is -1.18. The van der Waals surface area contributed by atoms with E-state index in [0.29, 0.717) is 22.0 Å². The molecule has 4 aromatic rings. The van der Waals surface area contributed by atoms with Crippen molar-refractivity contribution >= 4 is 62.4 Å². The third kappa shape index (κ3) is 4.31. The van der Waals surface area contributed by atoms with Gasteiger partial charge >= 0.3 is 11.9 Å². The van der Waals surface area contributed by atoms with Gasteiger partial charge in [0.05, 0.1) is 34.4 Å². The molecule has 0 atom stereocenters. The number of para-hydroxylation sites is 1. The van der Waals surface area contributed by atoms with Crippen molar-refractivity contribution < 1.29 is 33.9 Å². The molecule has 2 aromatic heterocycles. The summed E-state index contributed by atoms with van der Waals surface area (Å²) in [6.07, 6.45) is 2.50. The Morgan fingerprint density at radius 2 is 1.49 bits per heavy atom. The van der Waals surface area contributed by atoms with Crippen molar-refractivity contribution in [3.63, 3.8) is 0 Å². The number of fused-ring (bicyclic) bond motifs is 2. The first kappa shape index (κ1) is 25.4. The molecule has 2 amide bonds. The van der Waals surface area contributed by atoms with E-state index in [1.165, 1.54) is 18.2 Å². The van der Waals surface area contributed by atoms with Gasteiger partial charge in [0, 0.05) is 66.0 Å². The molecule has 1 aliphatic heterocycles. The van der Waals surface area contributed by atoms with E-state index in [1.807, 2.05) is 35.9 Å². The van der Waals surface area contributed by atoms with Crippen LogP contribution in [-0.4, -0.2) is 54.5 Å². The number of nitro benzene ring substituents is 1. The number of ether oxygens (including phenoxy) is 1. The third-order valence-electron chi connectivity index (χ3n) is 6.69. The SMILES string of the molecule is Cn1cc(C2=C(c3cn(C)c4cc([N+](=O)[O-])ccc34)C(=O)N(COC(=O)CCC(=O)O)C2=O)c2ccccc21. The number of imide groups is 1. The van der Waals surface area contributed by atoms with Crippen LogP contribution < -0.4 is 0 Å². The molecule has 1 N–H and O–H groups in total. The zero-order valence-corrected chi connectivity index (χ0v) is 20.9. The van der Waals surface area contributed by atoms with Gasteiger partial charge in [-0.1, -0.05) is 18.2 Å². The first-order valence-corrected chi connectivity index (χ1v) is 11.8. The number of aryl methyl sites for hydroxylation is 2. The summed E-state index contributed by atoms with van der Waals surface area (Å²) in [7, 11) is 3.49. The maximum atomic E-state index is 13.8. The molecular formula is C27H22N4O8. The lowest BCUT2D eigenvalue weighted by atomic mass is 9.95. The van der Waals surface area contributed by atoms with Crippen LogP contribution in [0.5, 0.6) is 0 Å². The highest BCUT2D eigenvalue weighted by Crippen LogP contribution is 2.42. The van der Waals surface area contributed by atoms with Crippen LogP contribution in [0, 0.1) is 10.1 Å². The van der Waals surface area contributed by atoms with Crippen LogP contribution in [-0.2, 0) is 38.0 Å². The zero-order valence-electron chi connectivity index (χ0n) is 20.9. The number of carboxylic acid groups (broad SMARTS) is 1. The molecule has 5 rings (SSSR count). The van der Waals surface area contributed by atoms with Crippen molar-refractivity contribution in [2.45, 2.75) is 12.8 Å². The van der Waals surface area contributed by atoms with Gasteiger partial charge < -0.3 is 19.0 Å². The number of rotatable bonds is 8. The fourth-order valence-electron chi connectivity index (χ4n) is 4.84. The number of esters is 1. The third-order valence-corrected chi connectivity index (χ3v) is 6.69. The molecule has 0 aliphatic carbocycles. The Hall–Kier alpha value is -5.26. The van der Waals surface area contributed by atoms with E-state index in [-0.39, 0.29) is 16.8 Å². The number of aliphatic carboxylic acids is 1. The molecule has 0 saturated heterocycles. The quantitative estimate of drug-likeness (QED) is 0.158. The van der Waals surface area contributed by atoms with Crippen LogP contribution in [0.2, 0.25) is 0 Å². The zero-order chi connectivity index (χ0) is 28.0. The largest absolute Gasteiger partial charge is 0.481 e. The number of nitro groups is 1. The van der Waals surface area contributed by atoms with Crippen LogP contribution in [0.3, 0.4) is 0 Å². The smallest absolute Gasteiger partial charge is 0.308 e. The normalized spacial score (nSPS) is 13.6. The van der Waals surface area contributed by atoms with E-state index in [0.717, 1.165) is 15.8 Å². The van der Waals surface area contributed by atoms with Gasteiger partial charge in [0.2, 0.25) is 0 Å². The molecule has 12 heteroatoms. The van der Waals surface area contributed by atoms with E-state index in [9.17, 15) is 29.3 Å². The Morgan fingerprint density at radius 1 is 0.897 bits per heavy atom. The summed E-state index contributed by atoms with van der Waals surface area (Å²) in [4.78, 5) is 62.0. The second kappa shape index (κ2) is 9.56. The molecule has 198 valence electrons. The van der Waals surface area contributed by atoms with E-state index in [1.54, 1.807) is 24.0 Å². The number of hydrogen-bond acceptors (Lipinski definition) is 7. The van der Waals surface area contributed by atoms with Gasteiger partial charge in [0.25, 0.3) is 17.5 Å². The number of hydrogen-bond donors (Lipinski definition) is 1.